The molecule has 2 amide bonds. The second-order valence-corrected chi connectivity index (χ2v) is 10.8. The van der Waals surface area contributed by atoms with Gasteiger partial charge in [0.2, 0.25) is 15.9 Å². The molecule has 36 heavy (non-hydrogen) atoms. The van der Waals surface area contributed by atoms with E-state index < -0.39 is 16.1 Å². The summed E-state index contributed by atoms with van der Waals surface area (Å²) in [6, 6.07) is 22.1. The van der Waals surface area contributed by atoms with E-state index in [2.05, 4.69) is 4.72 Å². The zero-order chi connectivity index (χ0) is 25.3. The molecule has 2 aliphatic rings. The summed E-state index contributed by atoms with van der Waals surface area (Å²) in [5.41, 5.74) is 2.00. The molecule has 1 fully saturated rings. The molecule has 2 aliphatic heterocycles. The fourth-order valence-electron chi connectivity index (χ4n) is 4.83. The van der Waals surface area contributed by atoms with Crippen LogP contribution in [0.3, 0.4) is 0 Å². The van der Waals surface area contributed by atoms with E-state index in [0.717, 1.165) is 11.1 Å². The van der Waals surface area contributed by atoms with E-state index in [1.54, 1.807) is 42.3 Å². The number of benzene rings is 3. The molecule has 0 saturated carbocycles. The van der Waals surface area contributed by atoms with E-state index in [1.807, 2.05) is 36.4 Å². The molecule has 1 N–H and O–H groups in total. The average Bonchev–Trinajstić information content (AvgIpc) is 3.29. The highest BCUT2D eigenvalue weighted by Gasteiger charge is 2.38. The maximum atomic E-state index is 13.3. The molecule has 0 bridgehead atoms. The standard InChI is InChI=1S/C27H27N3O5S/c1-29-17-26(31)30-16-19(28-36(33,34)21-9-3-2-4-10-21)15-20(30)18-35-25-14-8-7-12-23(25)22-11-5-6-13-24(22)27(29)32/h2-14,19-20,28H,15-18H2,1H3/t19-,20+/m1/s1. The number of rotatable bonds is 3. The average molecular weight is 506 g/mol. The monoisotopic (exact) mass is 505 g/mol. The van der Waals surface area contributed by atoms with Crippen molar-refractivity contribution >= 4 is 21.8 Å². The first kappa shape index (κ1) is 24.0. The minimum absolute atomic E-state index is 0.122. The number of likely N-dealkylation sites (N-methyl/N-ethyl adjacent to an activating group) is 1. The lowest BCUT2D eigenvalue weighted by Gasteiger charge is -2.28. The van der Waals surface area contributed by atoms with Gasteiger partial charge in [-0.15, -0.1) is 0 Å². The Labute approximate surface area is 210 Å². The molecular formula is C27H27N3O5S. The fourth-order valence-corrected chi connectivity index (χ4v) is 6.09. The molecule has 3 aromatic carbocycles. The Morgan fingerprint density at radius 2 is 1.50 bits per heavy atom. The third kappa shape index (κ3) is 4.72. The number of sulfonamides is 1. The Morgan fingerprint density at radius 1 is 0.861 bits per heavy atom. The van der Waals surface area contributed by atoms with Gasteiger partial charge < -0.3 is 14.5 Å². The van der Waals surface area contributed by atoms with Crippen LogP contribution in [-0.4, -0.2) is 68.9 Å². The third-order valence-electron chi connectivity index (χ3n) is 6.60. The fraction of sp³-hybridized carbons (Fsp3) is 0.259. The quantitative estimate of drug-likeness (QED) is 0.591. The van der Waals surface area contributed by atoms with Crippen LogP contribution < -0.4 is 9.46 Å². The van der Waals surface area contributed by atoms with Crippen LogP contribution >= 0.6 is 0 Å². The number of hydrogen-bond donors (Lipinski definition) is 1. The van der Waals surface area contributed by atoms with Crippen LogP contribution in [0.5, 0.6) is 5.75 Å². The number of fused-ring (bicyclic) bond motifs is 4. The molecule has 2 heterocycles. The lowest BCUT2D eigenvalue weighted by molar-refractivity contribution is -0.133. The van der Waals surface area contributed by atoms with Gasteiger partial charge in [-0.3, -0.25) is 9.59 Å². The van der Waals surface area contributed by atoms with Crippen LogP contribution in [0, 0.1) is 0 Å². The SMILES string of the molecule is CN1CC(=O)N2C[C@H](NS(=O)(=O)c3ccccc3)C[C@H]2COc2ccccc2-c2ccccc2C1=O. The number of para-hydroxylation sites is 1. The van der Waals surface area contributed by atoms with Crippen molar-refractivity contribution in [3.8, 4) is 16.9 Å². The predicted molar refractivity (Wildman–Crippen MR) is 135 cm³/mol. The maximum Gasteiger partial charge on any atom is 0.254 e. The maximum absolute atomic E-state index is 13.3. The van der Waals surface area contributed by atoms with Crippen molar-refractivity contribution < 1.29 is 22.7 Å². The van der Waals surface area contributed by atoms with E-state index in [9.17, 15) is 18.0 Å². The Hall–Kier alpha value is -3.69. The Bertz CT molecular complexity index is 1390. The second-order valence-electron chi connectivity index (χ2n) is 9.08. The first-order valence-electron chi connectivity index (χ1n) is 11.8. The van der Waals surface area contributed by atoms with Crippen LogP contribution in [0.1, 0.15) is 16.8 Å². The van der Waals surface area contributed by atoms with Gasteiger partial charge in [0.15, 0.2) is 0 Å². The summed E-state index contributed by atoms with van der Waals surface area (Å²) in [5.74, 6) is 0.0697. The molecule has 9 heteroatoms. The molecule has 0 radical (unpaired) electrons. The van der Waals surface area contributed by atoms with E-state index in [0.29, 0.717) is 17.7 Å². The molecular weight excluding hydrogens is 478 g/mol. The van der Waals surface area contributed by atoms with E-state index in [4.69, 9.17) is 4.74 Å². The number of ether oxygens (including phenoxy) is 1. The molecule has 2 atom stereocenters. The summed E-state index contributed by atoms with van der Waals surface area (Å²) < 4.78 is 34.7. The molecule has 5 rings (SSSR count). The summed E-state index contributed by atoms with van der Waals surface area (Å²) in [6.45, 7) is 0.273. The van der Waals surface area contributed by atoms with Crippen LogP contribution in [0.2, 0.25) is 0 Å². The number of nitrogens with zero attached hydrogens (tertiary/aromatic N) is 2. The molecule has 186 valence electrons. The van der Waals surface area contributed by atoms with Gasteiger partial charge in [-0.1, -0.05) is 54.6 Å². The number of amides is 2. The Kier molecular flexibility index (Phi) is 6.51. The Balaban J connectivity index is 1.46. The molecule has 0 aliphatic carbocycles. The first-order chi connectivity index (χ1) is 17.3. The molecule has 0 unspecified atom stereocenters. The van der Waals surface area contributed by atoms with Gasteiger partial charge in [-0.25, -0.2) is 13.1 Å². The van der Waals surface area contributed by atoms with Gasteiger partial charge in [-0.05, 0) is 36.2 Å². The van der Waals surface area contributed by atoms with Crippen LogP contribution in [-0.2, 0) is 14.8 Å². The van der Waals surface area contributed by atoms with Gasteiger partial charge >= 0.3 is 0 Å². The first-order valence-corrected chi connectivity index (χ1v) is 13.3. The molecule has 0 aromatic heterocycles. The van der Waals surface area contributed by atoms with E-state index in [1.165, 1.54) is 17.0 Å². The van der Waals surface area contributed by atoms with Crippen molar-refractivity contribution in [2.75, 3.05) is 26.7 Å². The summed E-state index contributed by atoms with van der Waals surface area (Å²) in [7, 11) is -2.14. The molecule has 0 spiro atoms. The van der Waals surface area contributed by atoms with Gasteiger partial charge in [-0.2, -0.15) is 0 Å². The van der Waals surface area contributed by atoms with E-state index >= 15 is 0 Å². The normalized spacial score (nSPS) is 20.5. The lowest BCUT2D eigenvalue weighted by Crippen LogP contribution is -2.46. The smallest absolute Gasteiger partial charge is 0.254 e. The van der Waals surface area contributed by atoms with Crippen LogP contribution in [0.15, 0.2) is 83.8 Å². The highest BCUT2D eigenvalue weighted by Crippen LogP contribution is 2.34. The van der Waals surface area contributed by atoms with Gasteiger partial charge in [0.05, 0.1) is 17.5 Å². The summed E-state index contributed by atoms with van der Waals surface area (Å²) in [5, 5.41) is 0. The van der Waals surface area contributed by atoms with Crippen LogP contribution in [0.25, 0.3) is 11.1 Å². The van der Waals surface area contributed by atoms with Gasteiger partial charge in [0, 0.05) is 30.8 Å². The van der Waals surface area contributed by atoms with Crippen LogP contribution in [0.4, 0.5) is 0 Å². The van der Waals surface area contributed by atoms with Crippen molar-refractivity contribution in [2.24, 2.45) is 0 Å². The summed E-state index contributed by atoms with van der Waals surface area (Å²) in [4.78, 5) is 29.8. The van der Waals surface area contributed by atoms with Gasteiger partial charge in [0.1, 0.15) is 12.4 Å². The summed E-state index contributed by atoms with van der Waals surface area (Å²) >= 11 is 0. The lowest BCUT2D eigenvalue weighted by atomic mass is 9.98. The molecule has 1 saturated heterocycles. The largest absolute Gasteiger partial charge is 0.491 e. The molecule has 8 nitrogen and oxygen atoms in total. The van der Waals surface area contributed by atoms with Crippen molar-refractivity contribution in [1.29, 1.82) is 0 Å². The zero-order valence-electron chi connectivity index (χ0n) is 19.8. The van der Waals surface area contributed by atoms with Crippen molar-refractivity contribution in [2.45, 2.75) is 23.4 Å². The zero-order valence-corrected chi connectivity index (χ0v) is 20.6. The minimum Gasteiger partial charge on any atom is -0.491 e. The van der Waals surface area contributed by atoms with Crippen molar-refractivity contribution in [1.82, 2.24) is 14.5 Å². The topological polar surface area (TPSA) is 96.0 Å². The van der Waals surface area contributed by atoms with Crippen molar-refractivity contribution in [3.63, 3.8) is 0 Å². The van der Waals surface area contributed by atoms with Crippen molar-refractivity contribution in [3.05, 3.63) is 84.4 Å². The third-order valence-corrected chi connectivity index (χ3v) is 8.13. The number of carbonyl (C=O) groups is 2. The number of carbonyl (C=O) groups excluding carboxylic acids is 2. The second kappa shape index (κ2) is 9.75. The minimum atomic E-state index is -3.75. The van der Waals surface area contributed by atoms with E-state index in [-0.39, 0.29) is 42.4 Å². The summed E-state index contributed by atoms with van der Waals surface area (Å²) in [6.07, 6.45) is 0.397. The Morgan fingerprint density at radius 3 is 2.25 bits per heavy atom. The predicted octanol–water partition coefficient (Wildman–Crippen LogP) is 2.77. The number of nitrogens with one attached hydrogen (secondary N) is 1. The molecule has 3 aromatic rings. The highest BCUT2D eigenvalue weighted by atomic mass is 32.2. The highest BCUT2D eigenvalue weighted by molar-refractivity contribution is 7.89. The van der Waals surface area contributed by atoms with Gasteiger partial charge in [0.25, 0.3) is 5.91 Å². The number of hydrogen-bond acceptors (Lipinski definition) is 5.